The maximum absolute atomic E-state index is 12.8. The number of allylic oxidation sites excluding steroid dienone is 4. The highest BCUT2D eigenvalue weighted by atomic mass is 16.1. The summed E-state index contributed by atoms with van der Waals surface area (Å²) in [7, 11) is 0. The molecule has 2 nitrogen and oxygen atoms in total. The Morgan fingerprint density at radius 2 is 1.06 bits per heavy atom. The van der Waals surface area contributed by atoms with Crippen LogP contribution in [0.15, 0.2) is 98.1 Å². The molecule has 0 fully saturated rings. The van der Waals surface area contributed by atoms with E-state index in [1.165, 1.54) is 0 Å². The van der Waals surface area contributed by atoms with Crippen LogP contribution >= 0.6 is 0 Å². The zero-order chi connectivity index (χ0) is 23.1. The fourth-order valence-corrected chi connectivity index (χ4v) is 4.11. The Morgan fingerprint density at radius 3 is 1.32 bits per heavy atom. The molecular formula is C29H32O2. The Hall–Kier alpha value is -3.26. The first-order valence-electron chi connectivity index (χ1n) is 10.6. The van der Waals surface area contributed by atoms with Gasteiger partial charge in [-0.25, -0.2) is 0 Å². The van der Waals surface area contributed by atoms with Gasteiger partial charge in [-0.05, 0) is 53.7 Å². The summed E-state index contributed by atoms with van der Waals surface area (Å²) in [6.45, 7) is 21.1. The van der Waals surface area contributed by atoms with Gasteiger partial charge in [-0.2, -0.15) is 0 Å². The molecule has 0 saturated heterocycles. The van der Waals surface area contributed by atoms with Crippen molar-refractivity contribution in [2.75, 3.05) is 0 Å². The summed E-state index contributed by atoms with van der Waals surface area (Å²) in [4.78, 5) is 25.6. The molecule has 0 spiro atoms. The molecule has 0 aliphatic heterocycles. The Morgan fingerprint density at radius 1 is 0.742 bits per heavy atom. The molecule has 0 aliphatic carbocycles. The molecule has 2 heteroatoms. The highest BCUT2D eigenvalue weighted by Crippen LogP contribution is 2.39. The SMILES string of the molecule is C=CC(C(=O)C(=C)C)c1ccccc1C(CC)c1ccccc1C(C=C)C(=O)C(=C)C. The Kier molecular flexibility index (Phi) is 8.27. The summed E-state index contributed by atoms with van der Waals surface area (Å²) < 4.78 is 0. The summed E-state index contributed by atoms with van der Waals surface area (Å²) in [6.07, 6.45) is 4.18. The first kappa shape index (κ1) is 24.0. The van der Waals surface area contributed by atoms with E-state index in [-0.39, 0.29) is 17.5 Å². The van der Waals surface area contributed by atoms with E-state index < -0.39 is 11.8 Å². The monoisotopic (exact) mass is 412 g/mol. The summed E-state index contributed by atoms with van der Waals surface area (Å²) in [5.74, 6) is -0.975. The second-order valence-electron chi connectivity index (χ2n) is 7.93. The standard InChI is InChI=1S/C29H32O2/c1-8-21(24-15-11-13-17-26(24)22(9-2)28(30)19(4)5)25-16-12-14-18-27(25)23(10-3)29(31)20(6)7/h9-18,21-23H,2-4,6,8H2,1,5,7H3. The quantitative estimate of drug-likeness (QED) is 0.292. The minimum atomic E-state index is -0.456. The van der Waals surface area contributed by atoms with E-state index in [1.807, 2.05) is 36.4 Å². The Bertz CT molecular complexity index is 943. The molecule has 2 aromatic rings. The van der Waals surface area contributed by atoms with E-state index in [1.54, 1.807) is 26.0 Å². The normalized spacial score (nSPS) is 13.5. The zero-order valence-electron chi connectivity index (χ0n) is 18.9. The second-order valence-corrected chi connectivity index (χ2v) is 7.93. The lowest BCUT2D eigenvalue weighted by molar-refractivity contribution is -0.116. The first-order chi connectivity index (χ1) is 14.8. The van der Waals surface area contributed by atoms with Crippen molar-refractivity contribution < 1.29 is 9.59 Å². The third-order valence-electron chi connectivity index (χ3n) is 5.70. The van der Waals surface area contributed by atoms with Gasteiger partial charge in [0.05, 0.1) is 11.8 Å². The van der Waals surface area contributed by atoms with Crippen molar-refractivity contribution in [1.82, 2.24) is 0 Å². The molecule has 2 atom stereocenters. The summed E-state index contributed by atoms with van der Waals surface area (Å²) in [6, 6.07) is 15.9. The van der Waals surface area contributed by atoms with Crippen molar-refractivity contribution in [1.29, 1.82) is 0 Å². The van der Waals surface area contributed by atoms with Crippen LogP contribution < -0.4 is 0 Å². The van der Waals surface area contributed by atoms with Crippen LogP contribution in [-0.4, -0.2) is 11.6 Å². The van der Waals surface area contributed by atoms with Gasteiger partial charge in [-0.15, -0.1) is 13.2 Å². The minimum Gasteiger partial charge on any atom is -0.294 e. The van der Waals surface area contributed by atoms with Gasteiger partial charge in [-0.3, -0.25) is 9.59 Å². The average Bonchev–Trinajstić information content (AvgIpc) is 2.76. The molecule has 2 aromatic carbocycles. The van der Waals surface area contributed by atoms with E-state index in [0.29, 0.717) is 11.1 Å². The van der Waals surface area contributed by atoms with Gasteiger partial charge in [-0.1, -0.05) is 80.8 Å². The van der Waals surface area contributed by atoms with E-state index in [2.05, 4.69) is 45.4 Å². The molecule has 0 N–H and O–H groups in total. The number of rotatable bonds is 11. The van der Waals surface area contributed by atoms with E-state index in [9.17, 15) is 9.59 Å². The zero-order valence-corrected chi connectivity index (χ0v) is 18.9. The van der Waals surface area contributed by atoms with Crippen molar-refractivity contribution >= 4 is 11.6 Å². The van der Waals surface area contributed by atoms with Gasteiger partial charge in [0, 0.05) is 5.92 Å². The molecule has 0 heterocycles. The van der Waals surface area contributed by atoms with Crippen LogP contribution in [0, 0.1) is 0 Å². The smallest absolute Gasteiger partial charge is 0.169 e. The fraction of sp³-hybridized carbons (Fsp3) is 0.241. The number of carbonyl (C=O) groups is 2. The molecule has 2 unspecified atom stereocenters. The molecule has 31 heavy (non-hydrogen) atoms. The first-order valence-corrected chi connectivity index (χ1v) is 10.6. The van der Waals surface area contributed by atoms with Crippen LogP contribution in [-0.2, 0) is 9.59 Å². The predicted molar refractivity (Wildman–Crippen MR) is 131 cm³/mol. The summed E-state index contributed by atoms with van der Waals surface area (Å²) in [5.41, 5.74) is 4.98. The molecule has 0 saturated carbocycles. The van der Waals surface area contributed by atoms with E-state index in [4.69, 9.17) is 0 Å². The van der Waals surface area contributed by atoms with Crippen LogP contribution in [0.4, 0.5) is 0 Å². The lowest BCUT2D eigenvalue weighted by Crippen LogP contribution is -2.17. The number of hydrogen-bond donors (Lipinski definition) is 0. The molecule has 2 rings (SSSR count). The van der Waals surface area contributed by atoms with Crippen LogP contribution in [0.3, 0.4) is 0 Å². The number of ketones is 2. The largest absolute Gasteiger partial charge is 0.294 e. The lowest BCUT2D eigenvalue weighted by Gasteiger charge is -2.26. The van der Waals surface area contributed by atoms with Crippen molar-refractivity contribution in [3.63, 3.8) is 0 Å². The summed E-state index contributed by atoms with van der Waals surface area (Å²) >= 11 is 0. The second kappa shape index (κ2) is 10.7. The van der Waals surface area contributed by atoms with Crippen LogP contribution in [0.25, 0.3) is 0 Å². The van der Waals surface area contributed by atoms with E-state index >= 15 is 0 Å². The minimum absolute atomic E-state index is 0.00754. The van der Waals surface area contributed by atoms with Crippen molar-refractivity contribution in [2.45, 2.75) is 44.9 Å². The molecule has 0 aromatic heterocycles. The van der Waals surface area contributed by atoms with E-state index in [0.717, 1.165) is 28.7 Å². The van der Waals surface area contributed by atoms with Gasteiger partial charge in [0.25, 0.3) is 0 Å². The predicted octanol–water partition coefficient (Wildman–Crippen LogP) is 7.06. The van der Waals surface area contributed by atoms with Crippen LogP contribution in [0.5, 0.6) is 0 Å². The number of hydrogen-bond acceptors (Lipinski definition) is 2. The summed E-state index contributed by atoms with van der Waals surface area (Å²) in [5, 5.41) is 0. The van der Waals surface area contributed by atoms with Gasteiger partial charge < -0.3 is 0 Å². The van der Waals surface area contributed by atoms with Crippen LogP contribution in [0.1, 0.15) is 67.2 Å². The molecule has 0 aliphatic rings. The number of carbonyl (C=O) groups excluding carboxylic acids is 2. The third kappa shape index (κ3) is 5.08. The maximum Gasteiger partial charge on any atom is 0.169 e. The molecule has 0 bridgehead atoms. The fourth-order valence-electron chi connectivity index (χ4n) is 4.11. The Labute approximate surface area is 186 Å². The highest BCUT2D eigenvalue weighted by Gasteiger charge is 2.28. The van der Waals surface area contributed by atoms with Gasteiger partial charge in [0.15, 0.2) is 11.6 Å². The van der Waals surface area contributed by atoms with Crippen molar-refractivity contribution in [3.8, 4) is 0 Å². The van der Waals surface area contributed by atoms with Crippen molar-refractivity contribution in [3.05, 3.63) is 120 Å². The number of Topliss-reactive ketones (excluding diaryl/α,β-unsaturated/α-hetero) is 2. The lowest BCUT2D eigenvalue weighted by atomic mass is 9.77. The average molecular weight is 413 g/mol. The number of benzene rings is 2. The van der Waals surface area contributed by atoms with Crippen molar-refractivity contribution in [2.24, 2.45) is 0 Å². The third-order valence-corrected chi connectivity index (χ3v) is 5.70. The molecule has 160 valence electrons. The topological polar surface area (TPSA) is 34.1 Å². The Balaban J connectivity index is 2.69. The molecule has 0 radical (unpaired) electrons. The molecule has 0 amide bonds. The van der Waals surface area contributed by atoms with Crippen LogP contribution in [0.2, 0.25) is 0 Å². The van der Waals surface area contributed by atoms with Gasteiger partial charge >= 0.3 is 0 Å². The van der Waals surface area contributed by atoms with Gasteiger partial charge in [0.2, 0.25) is 0 Å². The maximum atomic E-state index is 12.8. The highest BCUT2D eigenvalue weighted by molar-refractivity contribution is 6.01. The van der Waals surface area contributed by atoms with Gasteiger partial charge in [0.1, 0.15) is 0 Å². The molecular weight excluding hydrogens is 380 g/mol.